The van der Waals surface area contributed by atoms with E-state index in [1.54, 1.807) is 23.0 Å². The molecular weight excluding hydrogens is 411 g/mol. The first-order valence-electron chi connectivity index (χ1n) is 6.41. The van der Waals surface area contributed by atoms with Gasteiger partial charge in [-0.15, -0.1) is 0 Å². The first-order chi connectivity index (χ1) is 10.6. The molecule has 22 heavy (non-hydrogen) atoms. The minimum Gasteiger partial charge on any atom is -0.507 e. The van der Waals surface area contributed by atoms with Gasteiger partial charge in [-0.05, 0) is 58.6 Å². The van der Waals surface area contributed by atoms with Crippen molar-refractivity contribution in [3.05, 3.63) is 62.4 Å². The maximum Gasteiger partial charge on any atom is 0.216 e. The molecule has 1 aromatic heterocycles. The molecule has 7 heteroatoms. The Bertz CT molecular complexity index is 886. The van der Waals surface area contributed by atoms with Crippen LogP contribution in [0.5, 0.6) is 5.75 Å². The maximum atomic E-state index is 9.54. The number of aromatic amines is 1. The van der Waals surface area contributed by atoms with E-state index in [0.29, 0.717) is 10.6 Å². The lowest BCUT2D eigenvalue weighted by atomic mass is 10.2. The van der Waals surface area contributed by atoms with Gasteiger partial charge in [-0.2, -0.15) is 14.9 Å². The van der Waals surface area contributed by atoms with Crippen LogP contribution in [-0.2, 0) is 0 Å². The number of benzene rings is 2. The number of nitrogens with one attached hydrogen (secondary N) is 1. The van der Waals surface area contributed by atoms with E-state index in [1.807, 2.05) is 36.4 Å². The van der Waals surface area contributed by atoms with Crippen LogP contribution >= 0.6 is 34.8 Å². The summed E-state index contributed by atoms with van der Waals surface area (Å²) >= 11 is 7.29. The number of hydrogen-bond donors (Lipinski definition) is 2. The minimum atomic E-state index is 0.252. The van der Waals surface area contributed by atoms with Crippen LogP contribution in [0.1, 0.15) is 5.56 Å². The summed E-state index contributed by atoms with van der Waals surface area (Å²) in [6.07, 6.45) is 1.68. The Morgan fingerprint density at radius 3 is 2.73 bits per heavy atom. The highest BCUT2D eigenvalue weighted by atomic mass is 127. The molecule has 0 unspecified atom stereocenters. The van der Waals surface area contributed by atoms with E-state index < -0.39 is 0 Å². The van der Waals surface area contributed by atoms with Gasteiger partial charge in [0.05, 0.1) is 9.78 Å². The Balaban J connectivity index is 1.99. The van der Waals surface area contributed by atoms with Crippen molar-refractivity contribution in [3.63, 3.8) is 0 Å². The van der Waals surface area contributed by atoms with Gasteiger partial charge in [0, 0.05) is 5.56 Å². The summed E-state index contributed by atoms with van der Waals surface area (Å²) in [6, 6.07) is 15.0. The predicted molar refractivity (Wildman–Crippen MR) is 96.7 cm³/mol. The second kappa shape index (κ2) is 6.41. The molecule has 110 valence electrons. The van der Waals surface area contributed by atoms with Gasteiger partial charge in [0.15, 0.2) is 5.82 Å². The zero-order valence-corrected chi connectivity index (χ0v) is 14.2. The third kappa shape index (κ3) is 3.09. The van der Waals surface area contributed by atoms with E-state index >= 15 is 0 Å². The Labute approximate surface area is 145 Å². The van der Waals surface area contributed by atoms with Crippen LogP contribution in [0.25, 0.3) is 11.4 Å². The van der Waals surface area contributed by atoms with Crippen LogP contribution in [0.2, 0.25) is 0 Å². The molecule has 0 amide bonds. The Kier molecular flexibility index (Phi) is 4.34. The molecule has 0 aliphatic rings. The highest BCUT2D eigenvalue weighted by molar-refractivity contribution is 14.1. The van der Waals surface area contributed by atoms with Gasteiger partial charge in [0.25, 0.3) is 0 Å². The van der Waals surface area contributed by atoms with Gasteiger partial charge in [-0.3, -0.25) is 0 Å². The number of rotatable bonds is 3. The van der Waals surface area contributed by atoms with Crippen molar-refractivity contribution in [1.82, 2.24) is 14.9 Å². The highest BCUT2D eigenvalue weighted by Gasteiger charge is 2.07. The topological polar surface area (TPSA) is 66.2 Å². The Morgan fingerprint density at radius 1 is 1.23 bits per heavy atom. The van der Waals surface area contributed by atoms with Crippen molar-refractivity contribution in [3.8, 4) is 17.1 Å². The molecule has 2 N–H and O–H groups in total. The zero-order valence-electron chi connectivity index (χ0n) is 11.3. The van der Waals surface area contributed by atoms with E-state index in [0.717, 1.165) is 14.7 Å². The molecule has 0 bridgehead atoms. The minimum absolute atomic E-state index is 0.252. The zero-order chi connectivity index (χ0) is 15.5. The molecule has 0 aliphatic carbocycles. The first-order valence-corrected chi connectivity index (χ1v) is 7.89. The van der Waals surface area contributed by atoms with Crippen LogP contribution in [0.15, 0.2) is 53.6 Å². The van der Waals surface area contributed by atoms with Gasteiger partial charge in [-0.1, -0.05) is 30.3 Å². The molecule has 3 aromatic rings. The number of halogens is 1. The summed E-state index contributed by atoms with van der Waals surface area (Å²) in [5.41, 5.74) is 1.79. The lowest BCUT2D eigenvalue weighted by Gasteiger charge is -2.01. The molecule has 0 atom stereocenters. The number of hydrogen-bond acceptors (Lipinski definition) is 4. The van der Waals surface area contributed by atoms with Gasteiger partial charge in [-0.25, -0.2) is 5.10 Å². The fourth-order valence-electron chi connectivity index (χ4n) is 1.90. The lowest BCUT2D eigenvalue weighted by molar-refractivity contribution is 0.471. The molecule has 0 fully saturated rings. The van der Waals surface area contributed by atoms with Crippen LogP contribution in [0.4, 0.5) is 0 Å². The summed E-state index contributed by atoms with van der Waals surface area (Å²) < 4.78 is 2.76. The average molecular weight is 422 g/mol. The van der Waals surface area contributed by atoms with Crippen molar-refractivity contribution in [1.29, 1.82) is 0 Å². The maximum absolute atomic E-state index is 9.54. The molecule has 1 heterocycles. The Morgan fingerprint density at radius 2 is 2.00 bits per heavy atom. The third-order valence-corrected chi connectivity index (χ3v) is 4.10. The van der Waals surface area contributed by atoms with Crippen LogP contribution < -0.4 is 0 Å². The predicted octanol–water partition coefficient (Wildman–Crippen LogP) is 3.80. The fourth-order valence-corrected chi connectivity index (χ4v) is 2.62. The molecule has 0 radical (unpaired) electrons. The molecular formula is C15H11IN4OS. The summed E-state index contributed by atoms with van der Waals surface area (Å²) in [4.78, 5) is 0. The smallest absolute Gasteiger partial charge is 0.216 e. The summed E-state index contributed by atoms with van der Waals surface area (Å²) in [7, 11) is 0. The molecule has 0 saturated heterocycles. The fraction of sp³-hybridized carbons (Fsp3) is 0. The van der Waals surface area contributed by atoms with Crippen molar-refractivity contribution in [2.75, 3.05) is 0 Å². The van der Waals surface area contributed by atoms with E-state index in [4.69, 9.17) is 12.2 Å². The molecule has 0 aliphatic heterocycles. The number of aromatic nitrogens is 3. The lowest BCUT2D eigenvalue weighted by Crippen LogP contribution is -1.95. The van der Waals surface area contributed by atoms with Crippen molar-refractivity contribution in [2.24, 2.45) is 5.10 Å². The van der Waals surface area contributed by atoms with Gasteiger partial charge >= 0.3 is 0 Å². The van der Waals surface area contributed by atoms with E-state index in [-0.39, 0.29) is 5.75 Å². The van der Waals surface area contributed by atoms with Crippen LogP contribution in [0, 0.1) is 8.34 Å². The molecule has 2 aromatic carbocycles. The van der Waals surface area contributed by atoms with Gasteiger partial charge < -0.3 is 5.11 Å². The molecule has 0 saturated carbocycles. The summed E-state index contributed by atoms with van der Waals surface area (Å²) in [6.45, 7) is 0. The molecule has 3 rings (SSSR count). The number of H-pyrrole nitrogens is 1. The number of phenols is 1. The first kappa shape index (κ1) is 14.9. The van der Waals surface area contributed by atoms with Crippen molar-refractivity contribution >= 4 is 41.0 Å². The average Bonchev–Trinajstić information content (AvgIpc) is 2.90. The van der Waals surface area contributed by atoms with Gasteiger partial charge in [0.1, 0.15) is 5.75 Å². The van der Waals surface area contributed by atoms with Crippen molar-refractivity contribution < 1.29 is 5.11 Å². The van der Waals surface area contributed by atoms with Crippen LogP contribution in [0.3, 0.4) is 0 Å². The normalized spacial score (nSPS) is 11.1. The van der Waals surface area contributed by atoms with Crippen molar-refractivity contribution in [2.45, 2.75) is 0 Å². The van der Waals surface area contributed by atoms with Crippen LogP contribution in [-0.4, -0.2) is 26.2 Å². The summed E-state index contributed by atoms with van der Waals surface area (Å²) in [5.74, 6) is 0.901. The quantitative estimate of drug-likeness (QED) is 0.384. The largest absolute Gasteiger partial charge is 0.507 e. The second-order valence-corrected chi connectivity index (χ2v) is 6.03. The van der Waals surface area contributed by atoms with E-state index in [9.17, 15) is 5.11 Å². The van der Waals surface area contributed by atoms with E-state index in [1.165, 1.54) is 0 Å². The standard InChI is InChI=1S/C15H11IN4OS/c16-12-8-10(6-7-13(12)21)9-17-20-14(18-19-15(20)22)11-4-2-1-3-5-11/h1-9,21H,(H,19,22)/b17-9-. The second-order valence-electron chi connectivity index (χ2n) is 4.49. The van der Waals surface area contributed by atoms with E-state index in [2.05, 4.69) is 37.9 Å². The number of phenolic OH excluding ortho intramolecular Hbond substituents is 1. The number of aromatic hydroxyl groups is 1. The monoisotopic (exact) mass is 422 g/mol. The SMILES string of the molecule is Oc1ccc(/C=N\n2c(-c3ccccc3)n[nH]c2=S)cc1I. The number of nitrogens with zero attached hydrogens (tertiary/aromatic N) is 3. The summed E-state index contributed by atoms with van der Waals surface area (Å²) in [5, 5.41) is 20.9. The third-order valence-electron chi connectivity index (χ3n) is 2.98. The Hall–Kier alpha value is -2.00. The molecule has 5 nitrogen and oxygen atoms in total. The van der Waals surface area contributed by atoms with Gasteiger partial charge in [0.2, 0.25) is 4.77 Å². The highest BCUT2D eigenvalue weighted by Crippen LogP contribution is 2.20. The molecule has 0 spiro atoms.